The molecule has 0 saturated carbocycles. The first-order chi connectivity index (χ1) is 8.52. The van der Waals surface area contributed by atoms with E-state index in [4.69, 9.17) is 4.74 Å². The van der Waals surface area contributed by atoms with Crippen molar-refractivity contribution >= 4 is 18.0 Å². The van der Waals surface area contributed by atoms with E-state index >= 15 is 0 Å². The smallest absolute Gasteiger partial charge is 0.414 e. The van der Waals surface area contributed by atoms with Crippen molar-refractivity contribution in [3.63, 3.8) is 0 Å². The van der Waals surface area contributed by atoms with Gasteiger partial charge in [-0.25, -0.2) is 9.79 Å². The summed E-state index contributed by atoms with van der Waals surface area (Å²) in [5.74, 6) is 0.287. The number of hydrogen-bond acceptors (Lipinski definition) is 4. The summed E-state index contributed by atoms with van der Waals surface area (Å²) in [7, 11) is 0. The number of guanidine groups is 1. The highest BCUT2D eigenvalue weighted by molar-refractivity contribution is 6.10. The number of rotatable bonds is 2. The van der Waals surface area contributed by atoms with Crippen LogP contribution in [-0.2, 0) is 9.53 Å². The van der Waals surface area contributed by atoms with Gasteiger partial charge in [0.2, 0.25) is 5.96 Å². The lowest BCUT2D eigenvalue weighted by Gasteiger charge is -2.19. The van der Waals surface area contributed by atoms with Crippen molar-refractivity contribution in [1.82, 2.24) is 10.6 Å². The Hall–Kier alpha value is -1.59. The molecule has 0 aromatic carbocycles. The van der Waals surface area contributed by atoms with Gasteiger partial charge in [-0.15, -0.1) is 0 Å². The van der Waals surface area contributed by atoms with Crippen LogP contribution in [0.2, 0.25) is 0 Å². The van der Waals surface area contributed by atoms with Gasteiger partial charge in [-0.05, 0) is 40.0 Å². The van der Waals surface area contributed by atoms with E-state index in [1.165, 1.54) is 0 Å². The Balaban J connectivity index is 2.69. The van der Waals surface area contributed by atoms with Crippen LogP contribution in [0, 0.1) is 5.92 Å². The molecule has 0 radical (unpaired) electrons. The molecule has 0 spiro atoms. The van der Waals surface area contributed by atoms with Crippen LogP contribution in [0.15, 0.2) is 4.99 Å². The van der Waals surface area contributed by atoms with Gasteiger partial charge >= 0.3 is 6.09 Å². The predicted octanol–water partition coefficient (Wildman–Crippen LogP) is 1.80. The zero-order valence-electron chi connectivity index (χ0n) is 12.5. The van der Waals surface area contributed by atoms with E-state index in [2.05, 4.69) is 15.6 Å². The summed E-state index contributed by atoms with van der Waals surface area (Å²) in [4.78, 5) is 27.7. The maximum absolute atomic E-state index is 11.9. The van der Waals surface area contributed by atoms with Gasteiger partial charge in [0, 0.05) is 0 Å². The predicted molar refractivity (Wildman–Crippen MR) is 72.8 cm³/mol. The molecule has 0 aromatic rings. The van der Waals surface area contributed by atoms with Crippen molar-refractivity contribution in [2.75, 3.05) is 0 Å². The topological polar surface area (TPSA) is 79.8 Å². The van der Waals surface area contributed by atoms with E-state index in [0.29, 0.717) is 12.3 Å². The zero-order chi connectivity index (χ0) is 14.8. The molecule has 108 valence electrons. The van der Waals surface area contributed by atoms with Crippen LogP contribution in [0.5, 0.6) is 0 Å². The lowest BCUT2D eigenvalue weighted by molar-refractivity contribution is -0.123. The molecule has 19 heavy (non-hydrogen) atoms. The summed E-state index contributed by atoms with van der Waals surface area (Å²) in [6.07, 6.45) is -0.00133. The minimum atomic E-state index is -0.821. The molecule has 1 heterocycles. The van der Waals surface area contributed by atoms with E-state index in [1.54, 1.807) is 27.7 Å². The van der Waals surface area contributed by atoms with Gasteiger partial charge in [0.25, 0.3) is 5.91 Å². The fourth-order valence-corrected chi connectivity index (χ4v) is 1.96. The van der Waals surface area contributed by atoms with E-state index in [-0.39, 0.29) is 11.9 Å². The standard InChI is InChI=1S/C13H23N3O3/c1-8(2)7-13(6)9(17)14-10(16-13)15-11(18)19-12(3,4)5/h8H,7H2,1-6H3,(H2,14,15,16,17,18). The molecule has 1 aliphatic heterocycles. The molecule has 0 aromatic heterocycles. The minimum Gasteiger partial charge on any atom is -0.444 e. The SMILES string of the molecule is CC(C)CC1(C)N=C(NC(=O)OC(C)(C)C)NC1=O. The van der Waals surface area contributed by atoms with Crippen LogP contribution >= 0.6 is 0 Å². The Morgan fingerprint density at radius 1 is 1.47 bits per heavy atom. The molecule has 0 aliphatic carbocycles. The Morgan fingerprint density at radius 2 is 2.05 bits per heavy atom. The van der Waals surface area contributed by atoms with Gasteiger partial charge in [0.05, 0.1) is 0 Å². The molecule has 0 bridgehead atoms. The molecular weight excluding hydrogens is 246 g/mol. The third-order valence-electron chi connectivity index (χ3n) is 2.50. The third-order valence-corrected chi connectivity index (χ3v) is 2.50. The number of nitrogens with one attached hydrogen (secondary N) is 2. The Morgan fingerprint density at radius 3 is 2.53 bits per heavy atom. The van der Waals surface area contributed by atoms with Crippen LogP contribution in [0.1, 0.15) is 48.0 Å². The molecule has 1 aliphatic rings. The number of aliphatic imine (C=N–C) groups is 1. The lowest BCUT2D eigenvalue weighted by atomic mass is 9.91. The summed E-state index contributed by atoms with van der Waals surface area (Å²) in [5, 5.41) is 5.02. The molecular formula is C13H23N3O3. The summed E-state index contributed by atoms with van der Waals surface area (Å²) < 4.78 is 5.10. The molecule has 0 saturated heterocycles. The molecule has 6 nitrogen and oxygen atoms in total. The molecule has 6 heteroatoms. The number of hydrogen-bond donors (Lipinski definition) is 2. The lowest BCUT2D eigenvalue weighted by Crippen LogP contribution is -2.44. The quantitative estimate of drug-likeness (QED) is 0.802. The Labute approximate surface area is 114 Å². The van der Waals surface area contributed by atoms with Crippen molar-refractivity contribution in [2.45, 2.75) is 59.1 Å². The zero-order valence-corrected chi connectivity index (χ0v) is 12.5. The van der Waals surface area contributed by atoms with Crippen molar-refractivity contribution in [3.05, 3.63) is 0 Å². The summed E-state index contributed by atoms with van der Waals surface area (Å²) >= 11 is 0. The number of ether oxygens (including phenoxy) is 1. The second-order valence-electron chi connectivity index (χ2n) is 6.41. The van der Waals surface area contributed by atoms with E-state index < -0.39 is 17.2 Å². The van der Waals surface area contributed by atoms with E-state index in [0.717, 1.165) is 0 Å². The molecule has 0 fully saturated rings. The summed E-state index contributed by atoms with van der Waals surface area (Å²) in [6, 6.07) is 0. The molecule has 1 unspecified atom stereocenters. The van der Waals surface area contributed by atoms with Crippen molar-refractivity contribution < 1.29 is 14.3 Å². The number of nitrogens with zero attached hydrogens (tertiary/aromatic N) is 1. The highest BCUT2D eigenvalue weighted by Gasteiger charge is 2.40. The molecule has 2 N–H and O–H groups in total. The van der Waals surface area contributed by atoms with Crippen molar-refractivity contribution in [3.8, 4) is 0 Å². The summed E-state index contributed by atoms with van der Waals surface area (Å²) in [6.45, 7) is 11.1. The summed E-state index contributed by atoms with van der Waals surface area (Å²) in [5.41, 5.74) is -1.41. The van der Waals surface area contributed by atoms with Gasteiger partial charge in [0.15, 0.2) is 0 Å². The average Bonchev–Trinajstić information content (AvgIpc) is 2.35. The first-order valence-electron chi connectivity index (χ1n) is 6.43. The van der Waals surface area contributed by atoms with E-state index in [9.17, 15) is 9.59 Å². The van der Waals surface area contributed by atoms with Crippen LogP contribution in [0.3, 0.4) is 0 Å². The van der Waals surface area contributed by atoms with Gasteiger partial charge < -0.3 is 4.74 Å². The highest BCUT2D eigenvalue weighted by Crippen LogP contribution is 2.24. The minimum absolute atomic E-state index is 0.155. The van der Waals surface area contributed by atoms with Gasteiger partial charge in [-0.2, -0.15) is 0 Å². The van der Waals surface area contributed by atoms with Crippen LogP contribution < -0.4 is 10.6 Å². The maximum Gasteiger partial charge on any atom is 0.414 e. The van der Waals surface area contributed by atoms with Gasteiger partial charge in [0.1, 0.15) is 11.1 Å². The van der Waals surface area contributed by atoms with Crippen LogP contribution in [-0.4, -0.2) is 29.1 Å². The first-order valence-corrected chi connectivity index (χ1v) is 6.43. The highest BCUT2D eigenvalue weighted by atomic mass is 16.6. The third kappa shape index (κ3) is 4.54. The monoisotopic (exact) mass is 269 g/mol. The molecule has 2 amide bonds. The fourth-order valence-electron chi connectivity index (χ4n) is 1.96. The molecule has 1 atom stereocenters. The number of amides is 2. The Kier molecular flexibility index (Phi) is 4.22. The largest absolute Gasteiger partial charge is 0.444 e. The van der Waals surface area contributed by atoms with Gasteiger partial charge in [-0.3, -0.25) is 15.4 Å². The number of carbonyl (C=O) groups excluding carboxylic acids is 2. The van der Waals surface area contributed by atoms with Crippen molar-refractivity contribution in [2.24, 2.45) is 10.9 Å². The maximum atomic E-state index is 11.9. The Bertz CT molecular complexity index is 410. The van der Waals surface area contributed by atoms with E-state index in [1.807, 2.05) is 13.8 Å². The fraction of sp³-hybridized carbons (Fsp3) is 0.769. The first kappa shape index (κ1) is 15.5. The van der Waals surface area contributed by atoms with Crippen LogP contribution in [0.25, 0.3) is 0 Å². The number of alkyl carbamates (subject to hydrolysis) is 1. The van der Waals surface area contributed by atoms with Crippen LogP contribution in [0.4, 0.5) is 4.79 Å². The number of carbonyl (C=O) groups is 2. The second-order valence-corrected chi connectivity index (χ2v) is 6.41. The van der Waals surface area contributed by atoms with Gasteiger partial charge in [-0.1, -0.05) is 13.8 Å². The normalized spacial score (nSPS) is 23.1. The second kappa shape index (κ2) is 5.19. The average molecular weight is 269 g/mol. The molecule has 1 rings (SSSR count). The van der Waals surface area contributed by atoms with Crippen molar-refractivity contribution in [1.29, 1.82) is 0 Å².